The van der Waals surface area contributed by atoms with Crippen LogP contribution in [0.4, 0.5) is 0 Å². The van der Waals surface area contributed by atoms with Crippen LogP contribution in [0.1, 0.15) is 53.4 Å². The fraction of sp³-hybridized carbons (Fsp3) is 0.765. The van der Waals surface area contributed by atoms with E-state index in [-0.39, 0.29) is 34.8 Å². The van der Waals surface area contributed by atoms with Crippen molar-refractivity contribution in [1.29, 1.82) is 0 Å². The molecule has 0 bridgehead atoms. The summed E-state index contributed by atoms with van der Waals surface area (Å²) < 4.78 is 11.3. The summed E-state index contributed by atoms with van der Waals surface area (Å²) in [5.41, 5.74) is 1.65. The first-order chi connectivity index (χ1) is 9.77. The molecule has 0 unspecified atom stereocenters. The van der Waals surface area contributed by atoms with Crippen LogP contribution in [0.2, 0.25) is 0 Å². The molecule has 0 aromatic carbocycles. The average molecular weight is 292 g/mol. The number of rotatable bonds is 2. The summed E-state index contributed by atoms with van der Waals surface area (Å²) in [6.45, 7) is 8.34. The molecule has 4 heteroatoms. The summed E-state index contributed by atoms with van der Waals surface area (Å²) >= 11 is 0. The summed E-state index contributed by atoms with van der Waals surface area (Å²) in [5, 5.41) is 0. The molecule has 0 aromatic rings. The summed E-state index contributed by atoms with van der Waals surface area (Å²) in [7, 11) is 0. The molecule has 2 aliphatic carbocycles. The lowest BCUT2D eigenvalue weighted by molar-refractivity contribution is -0.151. The SMILES string of the molecule is CC(=O)O[C@H]1C2=C(C)C(=O)CC[C@@]2(C)CC[C@H]1[C@@]1(C)CO1. The highest BCUT2D eigenvalue weighted by Crippen LogP contribution is 2.55. The van der Waals surface area contributed by atoms with Crippen molar-refractivity contribution >= 4 is 11.8 Å². The van der Waals surface area contributed by atoms with E-state index < -0.39 is 0 Å². The second kappa shape index (κ2) is 4.67. The van der Waals surface area contributed by atoms with E-state index >= 15 is 0 Å². The molecule has 21 heavy (non-hydrogen) atoms. The minimum absolute atomic E-state index is 0.0140. The Labute approximate surface area is 125 Å². The predicted octanol–water partition coefficient (Wildman–Crippen LogP) is 2.80. The minimum atomic E-state index is -0.307. The molecular formula is C17H24O4. The number of ketones is 1. The van der Waals surface area contributed by atoms with Gasteiger partial charge in [-0.1, -0.05) is 6.92 Å². The van der Waals surface area contributed by atoms with Crippen LogP contribution in [-0.2, 0) is 19.1 Å². The molecular weight excluding hydrogens is 268 g/mol. The van der Waals surface area contributed by atoms with Crippen LogP contribution in [0.25, 0.3) is 0 Å². The number of epoxide rings is 1. The van der Waals surface area contributed by atoms with E-state index in [1.54, 1.807) is 0 Å². The maximum atomic E-state index is 12.2. The van der Waals surface area contributed by atoms with Gasteiger partial charge in [0.2, 0.25) is 0 Å². The summed E-state index contributed by atoms with van der Waals surface area (Å²) in [4.78, 5) is 23.8. The van der Waals surface area contributed by atoms with Gasteiger partial charge in [0.15, 0.2) is 5.78 Å². The number of hydrogen-bond acceptors (Lipinski definition) is 4. The Morgan fingerprint density at radius 2 is 2.00 bits per heavy atom. The van der Waals surface area contributed by atoms with E-state index in [1.165, 1.54) is 6.92 Å². The van der Waals surface area contributed by atoms with E-state index in [2.05, 4.69) is 13.8 Å². The molecule has 3 rings (SSSR count). The van der Waals surface area contributed by atoms with Gasteiger partial charge >= 0.3 is 5.97 Å². The summed E-state index contributed by atoms with van der Waals surface area (Å²) in [6.07, 6.45) is 3.18. The van der Waals surface area contributed by atoms with E-state index in [0.717, 1.165) is 30.4 Å². The first-order valence-corrected chi connectivity index (χ1v) is 7.82. The van der Waals surface area contributed by atoms with Gasteiger partial charge in [0.05, 0.1) is 12.2 Å². The van der Waals surface area contributed by atoms with E-state index in [4.69, 9.17) is 9.47 Å². The van der Waals surface area contributed by atoms with Crippen LogP contribution in [0.15, 0.2) is 11.1 Å². The van der Waals surface area contributed by atoms with E-state index in [0.29, 0.717) is 13.0 Å². The number of carbonyl (C=O) groups is 2. The van der Waals surface area contributed by atoms with Gasteiger partial charge in [0, 0.05) is 19.3 Å². The van der Waals surface area contributed by atoms with Crippen LogP contribution in [-0.4, -0.2) is 30.1 Å². The van der Waals surface area contributed by atoms with Crippen molar-refractivity contribution in [3.8, 4) is 0 Å². The fourth-order valence-corrected chi connectivity index (χ4v) is 4.23. The first kappa shape index (κ1) is 14.8. The number of carbonyl (C=O) groups excluding carboxylic acids is 2. The maximum Gasteiger partial charge on any atom is 0.303 e. The second-order valence-corrected chi connectivity index (χ2v) is 7.30. The molecule has 0 aromatic heterocycles. The third kappa shape index (κ3) is 2.33. The smallest absolute Gasteiger partial charge is 0.303 e. The Hall–Kier alpha value is -1.16. The molecule has 0 amide bonds. The third-order valence-electron chi connectivity index (χ3n) is 5.71. The van der Waals surface area contributed by atoms with Crippen LogP contribution in [0.5, 0.6) is 0 Å². The topological polar surface area (TPSA) is 55.9 Å². The molecule has 1 saturated heterocycles. The first-order valence-electron chi connectivity index (χ1n) is 7.82. The molecule has 0 radical (unpaired) electrons. The normalized spacial score (nSPS) is 42.6. The lowest BCUT2D eigenvalue weighted by Crippen LogP contribution is -2.48. The van der Waals surface area contributed by atoms with Gasteiger partial charge in [-0.2, -0.15) is 0 Å². The zero-order valence-electron chi connectivity index (χ0n) is 13.3. The molecule has 1 saturated carbocycles. The van der Waals surface area contributed by atoms with Crippen molar-refractivity contribution < 1.29 is 19.1 Å². The van der Waals surface area contributed by atoms with E-state index in [9.17, 15) is 9.59 Å². The molecule has 2 fully saturated rings. The van der Waals surface area contributed by atoms with Gasteiger partial charge in [-0.25, -0.2) is 0 Å². The van der Waals surface area contributed by atoms with Gasteiger partial charge in [-0.05, 0) is 49.7 Å². The van der Waals surface area contributed by atoms with Gasteiger partial charge in [-0.15, -0.1) is 0 Å². The molecule has 1 heterocycles. The monoisotopic (exact) mass is 292 g/mol. The number of esters is 1. The highest BCUT2D eigenvalue weighted by molar-refractivity contribution is 5.97. The Bertz CT molecular complexity index is 529. The highest BCUT2D eigenvalue weighted by Gasteiger charge is 2.57. The van der Waals surface area contributed by atoms with Crippen molar-refractivity contribution in [1.82, 2.24) is 0 Å². The zero-order chi connectivity index (χ0) is 15.4. The fourth-order valence-electron chi connectivity index (χ4n) is 4.23. The van der Waals surface area contributed by atoms with Crippen LogP contribution in [0, 0.1) is 11.3 Å². The van der Waals surface area contributed by atoms with Crippen LogP contribution < -0.4 is 0 Å². The van der Waals surface area contributed by atoms with E-state index in [1.807, 2.05) is 6.92 Å². The number of fused-ring (bicyclic) bond motifs is 1. The molecule has 4 nitrogen and oxygen atoms in total. The molecule has 3 aliphatic rings. The van der Waals surface area contributed by atoms with Crippen molar-refractivity contribution in [3.63, 3.8) is 0 Å². The zero-order valence-corrected chi connectivity index (χ0v) is 13.3. The predicted molar refractivity (Wildman–Crippen MR) is 77.7 cm³/mol. The number of Topliss-reactive ketones (excluding diaryl/α,β-unsaturated/α-hetero) is 1. The highest BCUT2D eigenvalue weighted by atomic mass is 16.6. The van der Waals surface area contributed by atoms with Crippen molar-refractivity contribution in [2.45, 2.75) is 65.1 Å². The van der Waals surface area contributed by atoms with Crippen molar-refractivity contribution in [2.24, 2.45) is 11.3 Å². The largest absolute Gasteiger partial charge is 0.458 e. The molecule has 4 atom stereocenters. The van der Waals surface area contributed by atoms with Crippen molar-refractivity contribution in [3.05, 3.63) is 11.1 Å². The number of ether oxygens (including phenoxy) is 2. The maximum absolute atomic E-state index is 12.2. The summed E-state index contributed by atoms with van der Waals surface area (Å²) in [5.74, 6) is 0.0734. The second-order valence-electron chi connectivity index (χ2n) is 7.30. The molecule has 0 spiro atoms. The standard InChI is InChI=1S/C17H24O4/c1-10-13(19)6-8-16(3)7-5-12(17(4)9-20-17)15(14(10)16)21-11(2)18/h12,15H,5-9H2,1-4H3/t12-,15-,16-,17-/m1/s1. The lowest BCUT2D eigenvalue weighted by Gasteiger charge is -2.48. The Morgan fingerprint density at radius 1 is 1.33 bits per heavy atom. The average Bonchev–Trinajstić information content (AvgIpc) is 3.13. The minimum Gasteiger partial charge on any atom is -0.458 e. The molecule has 0 N–H and O–H groups in total. The Kier molecular flexibility index (Phi) is 3.28. The quantitative estimate of drug-likeness (QED) is 0.580. The molecule has 1 aliphatic heterocycles. The van der Waals surface area contributed by atoms with Gasteiger partial charge < -0.3 is 9.47 Å². The Balaban J connectivity index is 2.05. The summed E-state index contributed by atoms with van der Waals surface area (Å²) in [6, 6.07) is 0. The van der Waals surface area contributed by atoms with Gasteiger partial charge in [0.25, 0.3) is 0 Å². The Morgan fingerprint density at radius 3 is 2.57 bits per heavy atom. The van der Waals surface area contributed by atoms with Crippen LogP contribution >= 0.6 is 0 Å². The lowest BCUT2D eigenvalue weighted by atomic mass is 9.58. The number of hydrogen-bond donors (Lipinski definition) is 0. The van der Waals surface area contributed by atoms with Crippen LogP contribution in [0.3, 0.4) is 0 Å². The van der Waals surface area contributed by atoms with Crippen molar-refractivity contribution in [2.75, 3.05) is 6.61 Å². The number of allylic oxidation sites excluding steroid dienone is 1. The van der Waals surface area contributed by atoms with Gasteiger partial charge in [-0.3, -0.25) is 9.59 Å². The molecule has 116 valence electrons. The van der Waals surface area contributed by atoms with Gasteiger partial charge in [0.1, 0.15) is 6.10 Å². The third-order valence-corrected chi connectivity index (χ3v) is 5.71.